The van der Waals surface area contributed by atoms with Gasteiger partial charge in [-0.2, -0.15) is 24.9 Å². The molecule has 0 saturated heterocycles. The van der Waals surface area contributed by atoms with Crippen LogP contribution in [-0.4, -0.2) is 37.0 Å². The molecular weight excluding hydrogens is 273 g/mol. The summed E-state index contributed by atoms with van der Waals surface area (Å²) in [6.45, 7) is 0.887. The maximum atomic E-state index is 12.8. The van der Waals surface area contributed by atoms with E-state index < -0.39 is 17.8 Å². The Balaban J connectivity index is 2.64. The predicted molar refractivity (Wildman–Crippen MR) is 74.3 cm³/mol. The zero-order valence-electron chi connectivity index (χ0n) is 11.1. The highest BCUT2D eigenvalue weighted by molar-refractivity contribution is 7.99. The first-order valence-corrected chi connectivity index (χ1v) is 7.12. The Hall–Kier alpha value is -0.720. The molecule has 2 nitrogen and oxygen atoms in total. The maximum Gasteiger partial charge on any atom is 0.416 e. The Bertz CT molecular complexity index is 394. The van der Waals surface area contributed by atoms with Crippen LogP contribution in [0, 0.1) is 0 Å². The monoisotopic (exact) mass is 292 g/mol. The summed E-state index contributed by atoms with van der Waals surface area (Å²) >= 11 is 1.57. The van der Waals surface area contributed by atoms with Gasteiger partial charge in [0.15, 0.2) is 0 Å². The number of hydrogen-bond acceptors (Lipinski definition) is 3. The number of halogens is 3. The van der Waals surface area contributed by atoms with E-state index in [0.717, 1.165) is 18.4 Å². The van der Waals surface area contributed by atoms with Gasteiger partial charge in [-0.1, -0.05) is 18.2 Å². The van der Waals surface area contributed by atoms with E-state index in [4.69, 9.17) is 5.73 Å². The lowest BCUT2D eigenvalue weighted by molar-refractivity contribution is -0.138. The molecule has 0 aliphatic rings. The molecule has 1 aromatic carbocycles. The lowest BCUT2D eigenvalue weighted by atomic mass is 10.0. The van der Waals surface area contributed by atoms with E-state index in [9.17, 15) is 13.2 Å². The third-order valence-corrected chi connectivity index (χ3v) is 3.71. The highest BCUT2D eigenvalue weighted by Gasteiger charge is 2.34. The van der Waals surface area contributed by atoms with E-state index in [2.05, 4.69) is 0 Å². The molecule has 0 amide bonds. The summed E-state index contributed by atoms with van der Waals surface area (Å²) in [7, 11) is 3.92. The van der Waals surface area contributed by atoms with Crippen LogP contribution in [-0.2, 0) is 6.18 Å². The molecule has 2 N–H and O–H groups in total. The van der Waals surface area contributed by atoms with Crippen LogP contribution >= 0.6 is 11.8 Å². The summed E-state index contributed by atoms with van der Waals surface area (Å²) in [5, 5.41) is 0. The topological polar surface area (TPSA) is 29.3 Å². The molecule has 0 aliphatic carbocycles. The van der Waals surface area contributed by atoms with Crippen molar-refractivity contribution in [2.24, 2.45) is 5.73 Å². The van der Waals surface area contributed by atoms with Crippen LogP contribution in [0.15, 0.2) is 24.3 Å². The fourth-order valence-electron chi connectivity index (χ4n) is 1.63. The van der Waals surface area contributed by atoms with Gasteiger partial charge in [-0.3, -0.25) is 0 Å². The van der Waals surface area contributed by atoms with Crippen molar-refractivity contribution in [2.75, 3.05) is 32.1 Å². The fraction of sp³-hybridized carbons (Fsp3) is 0.538. The van der Waals surface area contributed by atoms with E-state index in [0.29, 0.717) is 5.75 Å². The summed E-state index contributed by atoms with van der Waals surface area (Å²) < 4.78 is 38.5. The summed E-state index contributed by atoms with van der Waals surface area (Å²) in [4.78, 5) is 2.03. The van der Waals surface area contributed by atoms with E-state index in [1.807, 2.05) is 19.0 Å². The van der Waals surface area contributed by atoms with E-state index in [1.165, 1.54) is 12.1 Å². The molecule has 1 aromatic rings. The first-order valence-electron chi connectivity index (χ1n) is 5.96. The number of nitrogens with zero attached hydrogens (tertiary/aromatic N) is 1. The Morgan fingerprint density at radius 1 is 1.26 bits per heavy atom. The van der Waals surface area contributed by atoms with Gasteiger partial charge in [0, 0.05) is 24.1 Å². The van der Waals surface area contributed by atoms with Gasteiger partial charge in [-0.15, -0.1) is 0 Å². The zero-order chi connectivity index (χ0) is 14.5. The minimum absolute atomic E-state index is 0.173. The van der Waals surface area contributed by atoms with Crippen LogP contribution in [0.25, 0.3) is 0 Å². The third-order valence-electron chi connectivity index (χ3n) is 2.65. The van der Waals surface area contributed by atoms with Crippen LogP contribution in [0.5, 0.6) is 0 Å². The summed E-state index contributed by atoms with van der Waals surface area (Å²) in [5.74, 6) is 1.34. The minimum Gasteiger partial charge on any atom is -0.323 e. The Morgan fingerprint density at radius 2 is 1.89 bits per heavy atom. The molecule has 0 saturated carbocycles. The second-order valence-electron chi connectivity index (χ2n) is 4.57. The van der Waals surface area contributed by atoms with Gasteiger partial charge in [-0.05, 0) is 25.7 Å². The van der Waals surface area contributed by atoms with E-state index in [-0.39, 0.29) is 5.56 Å². The van der Waals surface area contributed by atoms with Crippen LogP contribution < -0.4 is 5.73 Å². The van der Waals surface area contributed by atoms with Crippen LogP contribution in [0.4, 0.5) is 13.2 Å². The molecule has 0 radical (unpaired) electrons. The van der Waals surface area contributed by atoms with Crippen molar-refractivity contribution in [2.45, 2.75) is 12.2 Å². The molecule has 0 aliphatic heterocycles. The molecule has 0 fully saturated rings. The average Bonchev–Trinajstić information content (AvgIpc) is 2.33. The lowest BCUT2D eigenvalue weighted by Crippen LogP contribution is -2.20. The van der Waals surface area contributed by atoms with Crippen LogP contribution in [0.3, 0.4) is 0 Å². The molecule has 1 atom stereocenters. The smallest absolute Gasteiger partial charge is 0.323 e. The standard InChI is InChI=1S/C13H19F3N2S/c1-18(2)7-8-19-9-12(17)10-5-3-4-6-11(10)13(14,15)16/h3-6,12H,7-9,17H2,1-2H3. The molecule has 1 unspecified atom stereocenters. The minimum atomic E-state index is -4.34. The Kier molecular flexibility index (Phi) is 6.16. The molecule has 6 heteroatoms. The van der Waals surface area contributed by atoms with Crippen molar-refractivity contribution in [1.29, 1.82) is 0 Å². The molecular formula is C13H19F3N2S. The Labute approximate surface area is 116 Å². The lowest BCUT2D eigenvalue weighted by Gasteiger charge is -2.18. The fourth-order valence-corrected chi connectivity index (χ4v) is 2.72. The molecule has 1 rings (SSSR count). The summed E-state index contributed by atoms with van der Waals surface area (Å²) in [6.07, 6.45) is -4.34. The average molecular weight is 292 g/mol. The molecule has 108 valence electrons. The van der Waals surface area contributed by atoms with Gasteiger partial charge in [-0.25, -0.2) is 0 Å². The van der Waals surface area contributed by atoms with Gasteiger partial charge >= 0.3 is 6.18 Å². The quantitative estimate of drug-likeness (QED) is 0.817. The molecule has 0 aromatic heterocycles. The van der Waals surface area contributed by atoms with Crippen molar-refractivity contribution < 1.29 is 13.2 Å². The largest absolute Gasteiger partial charge is 0.416 e. The number of rotatable bonds is 6. The highest BCUT2D eigenvalue weighted by atomic mass is 32.2. The summed E-state index contributed by atoms with van der Waals surface area (Å²) in [6, 6.07) is 4.93. The predicted octanol–water partition coefficient (Wildman–Crippen LogP) is 3.00. The van der Waals surface area contributed by atoms with Gasteiger partial charge in [0.05, 0.1) is 5.56 Å². The molecule has 0 spiro atoms. The maximum absolute atomic E-state index is 12.8. The number of benzene rings is 1. The van der Waals surface area contributed by atoms with E-state index in [1.54, 1.807) is 17.8 Å². The Morgan fingerprint density at radius 3 is 2.47 bits per heavy atom. The second-order valence-corrected chi connectivity index (χ2v) is 5.72. The number of hydrogen-bond donors (Lipinski definition) is 1. The third kappa shape index (κ3) is 5.42. The molecule has 0 bridgehead atoms. The van der Waals surface area contributed by atoms with Crippen LogP contribution in [0.2, 0.25) is 0 Å². The molecule has 19 heavy (non-hydrogen) atoms. The van der Waals surface area contributed by atoms with E-state index >= 15 is 0 Å². The van der Waals surface area contributed by atoms with Crippen molar-refractivity contribution in [3.8, 4) is 0 Å². The van der Waals surface area contributed by atoms with Crippen molar-refractivity contribution >= 4 is 11.8 Å². The van der Waals surface area contributed by atoms with Crippen molar-refractivity contribution in [3.05, 3.63) is 35.4 Å². The first-order chi connectivity index (χ1) is 8.82. The first kappa shape index (κ1) is 16.3. The molecule has 0 heterocycles. The van der Waals surface area contributed by atoms with Gasteiger partial charge in [0.1, 0.15) is 0 Å². The van der Waals surface area contributed by atoms with Gasteiger partial charge < -0.3 is 10.6 Å². The second kappa shape index (κ2) is 7.17. The SMILES string of the molecule is CN(C)CCSCC(N)c1ccccc1C(F)(F)F. The van der Waals surface area contributed by atoms with Gasteiger partial charge in [0.25, 0.3) is 0 Å². The van der Waals surface area contributed by atoms with Crippen LogP contribution in [0.1, 0.15) is 17.2 Å². The number of thioether (sulfide) groups is 1. The van der Waals surface area contributed by atoms with Crippen molar-refractivity contribution in [3.63, 3.8) is 0 Å². The normalized spacial score (nSPS) is 13.8. The zero-order valence-corrected chi connectivity index (χ0v) is 11.9. The summed E-state index contributed by atoms with van der Waals surface area (Å²) in [5.41, 5.74) is 5.42. The highest BCUT2D eigenvalue weighted by Crippen LogP contribution is 2.34. The van der Waals surface area contributed by atoms with Gasteiger partial charge in [0.2, 0.25) is 0 Å². The number of nitrogens with two attached hydrogens (primary N) is 1. The van der Waals surface area contributed by atoms with Crippen molar-refractivity contribution in [1.82, 2.24) is 4.90 Å². The number of alkyl halides is 3.